The molecule has 1 amide bonds. The van der Waals surface area contributed by atoms with Crippen molar-refractivity contribution in [3.05, 3.63) is 0 Å². The first kappa shape index (κ1) is 19.9. The minimum Gasteiger partial charge on any atom is -0.466 e. The number of carbonyl (C=O) groups is 2. The van der Waals surface area contributed by atoms with Gasteiger partial charge >= 0.3 is 5.97 Å². The summed E-state index contributed by atoms with van der Waals surface area (Å²) >= 11 is 0. The summed E-state index contributed by atoms with van der Waals surface area (Å²) in [5.41, 5.74) is 0. The predicted molar refractivity (Wildman–Crippen MR) is 90.1 cm³/mol. The van der Waals surface area contributed by atoms with Gasteiger partial charge in [0.1, 0.15) is 0 Å². The van der Waals surface area contributed by atoms with Gasteiger partial charge in [-0.05, 0) is 39.0 Å². The maximum Gasteiger partial charge on any atom is 0.307 e. The summed E-state index contributed by atoms with van der Waals surface area (Å²) in [6, 6.07) is 0. The number of hydrogen-bond donors (Lipinski definition) is 0. The van der Waals surface area contributed by atoms with E-state index in [0.717, 1.165) is 19.3 Å². The first-order chi connectivity index (χ1) is 11.2. The third-order valence-electron chi connectivity index (χ3n) is 4.35. The van der Waals surface area contributed by atoms with Crippen LogP contribution in [0, 0.1) is 5.92 Å². The standard InChI is InChI=1S/C18H33NO4/c1-3-22-14-8-12-19(13-11-18(21)23-4-2)17(20)15-16-9-6-5-7-10-16/h16H,3-15H2,1-2H3. The second-order valence-corrected chi connectivity index (χ2v) is 6.19. The number of esters is 1. The van der Waals surface area contributed by atoms with Crippen LogP contribution in [0.4, 0.5) is 0 Å². The van der Waals surface area contributed by atoms with Crippen molar-refractivity contribution < 1.29 is 19.1 Å². The SMILES string of the molecule is CCOCCCN(CCC(=O)OCC)C(=O)CC1CCCCC1. The fraction of sp³-hybridized carbons (Fsp3) is 0.889. The molecule has 0 radical (unpaired) electrons. The van der Waals surface area contributed by atoms with Gasteiger partial charge in [-0.1, -0.05) is 19.3 Å². The first-order valence-corrected chi connectivity index (χ1v) is 9.18. The van der Waals surface area contributed by atoms with Gasteiger partial charge in [-0.15, -0.1) is 0 Å². The fourth-order valence-corrected chi connectivity index (χ4v) is 3.09. The zero-order valence-corrected chi connectivity index (χ0v) is 14.8. The van der Waals surface area contributed by atoms with Crippen LogP contribution in [-0.2, 0) is 19.1 Å². The number of nitrogens with zero attached hydrogens (tertiary/aromatic N) is 1. The molecule has 1 rings (SSSR count). The van der Waals surface area contributed by atoms with Crippen molar-refractivity contribution in [2.75, 3.05) is 32.9 Å². The van der Waals surface area contributed by atoms with Crippen LogP contribution in [0.3, 0.4) is 0 Å². The lowest BCUT2D eigenvalue weighted by Crippen LogP contribution is -2.36. The normalized spacial score (nSPS) is 15.4. The molecular weight excluding hydrogens is 294 g/mol. The second kappa shape index (κ2) is 12.3. The van der Waals surface area contributed by atoms with E-state index in [9.17, 15) is 9.59 Å². The third-order valence-corrected chi connectivity index (χ3v) is 4.35. The number of amides is 1. The van der Waals surface area contributed by atoms with Crippen LogP contribution < -0.4 is 0 Å². The molecule has 0 unspecified atom stereocenters. The van der Waals surface area contributed by atoms with E-state index in [0.29, 0.717) is 45.2 Å². The Morgan fingerprint density at radius 1 is 1.04 bits per heavy atom. The molecule has 0 saturated heterocycles. The molecule has 0 aromatic carbocycles. The molecule has 0 N–H and O–H groups in total. The molecule has 1 aliphatic carbocycles. The van der Waals surface area contributed by atoms with E-state index < -0.39 is 0 Å². The van der Waals surface area contributed by atoms with Gasteiger partial charge in [-0.3, -0.25) is 9.59 Å². The van der Waals surface area contributed by atoms with Gasteiger partial charge in [0, 0.05) is 32.7 Å². The van der Waals surface area contributed by atoms with E-state index in [1.807, 2.05) is 11.8 Å². The van der Waals surface area contributed by atoms with Crippen molar-refractivity contribution in [2.45, 2.75) is 65.2 Å². The Morgan fingerprint density at radius 2 is 1.78 bits per heavy atom. The molecule has 0 bridgehead atoms. The Hall–Kier alpha value is -1.10. The van der Waals surface area contributed by atoms with Gasteiger partial charge in [-0.2, -0.15) is 0 Å². The van der Waals surface area contributed by atoms with Crippen LogP contribution in [0.1, 0.15) is 65.2 Å². The van der Waals surface area contributed by atoms with Crippen LogP contribution in [0.2, 0.25) is 0 Å². The van der Waals surface area contributed by atoms with Crippen LogP contribution in [0.15, 0.2) is 0 Å². The van der Waals surface area contributed by atoms with Crippen LogP contribution in [0.25, 0.3) is 0 Å². The summed E-state index contributed by atoms with van der Waals surface area (Å²) in [4.78, 5) is 26.0. The zero-order valence-electron chi connectivity index (χ0n) is 14.8. The summed E-state index contributed by atoms with van der Waals surface area (Å²) in [5.74, 6) is 0.471. The fourth-order valence-electron chi connectivity index (χ4n) is 3.09. The second-order valence-electron chi connectivity index (χ2n) is 6.19. The molecule has 0 heterocycles. The maximum atomic E-state index is 12.6. The quantitative estimate of drug-likeness (QED) is 0.432. The Morgan fingerprint density at radius 3 is 2.43 bits per heavy atom. The van der Waals surface area contributed by atoms with E-state index >= 15 is 0 Å². The molecule has 5 nitrogen and oxygen atoms in total. The topological polar surface area (TPSA) is 55.8 Å². The van der Waals surface area contributed by atoms with E-state index in [1.54, 1.807) is 6.92 Å². The Bertz CT molecular complexity index is 340. The third kappa shape index (κ3) is 8.94. The van der Waals surface area contributed by atoms with Gasteiger partial charge in [0.25, 0.3) is 0 Å². The minimum atomic E-state index is -0.229. The highest BCUT2D eigenvalue weighted by molar-refractivity contribution is 5.77. The molecule has 134 valence electrons. The molecule has 0 atom stereocenters. The van der Waals surface area contributed by atoms with Gasteiger partial charge in [0.15, 0.2) is 0 Å². The predicted octanol–water partition coefficient (Wildman–Crippen LogP) is 3.17. The summed E-state index contributed by atoms with van der Waals surface area (Å²) < 4.78 is 10.3. The van der Waals surface area contributed by atoms with E-state index in [-0.39, 0.29) is 18.3 Å². The summed E-state index contributed by atoms with van der Waals surface area (Å²) in [6.07, 6.45) is 7.82. The van der Waals surface area contributed by atoms with Crippen molar-refractivity contribution in [1.82, 2.24) is 4.90 Å². The first-order valence-electron chi connectivity index (χ1n) is 9.18. The molecular formula is C18H33NO4. The molecule has 0 aromatic rings. The van der Waals surface area contributed by atoms with E-state index in [1.165, 1.54) is 19.3 Å². The molecule has 0 aromatic heterocycles. The van der Waals surface area contributed by atoms with Gasteiger partial charge in [0.05, 0.1) is 13.0 Å². The van der Waals surface area contributed by atoms with Gasteiger partial charge in [0.2, 0.25) is 5.91 Å². The van der Waals surface area contributed by atoms with Crippen molar-refractivity contribution in [2.24, 2.45) is 5.92 Å². The lowest BCUT2D eigenvalue weighted by atomic mass is 9.86. The lowest BCUT2D eigenvalue weighted by molar-refractivity contribution is -0.144. The average Bonchev–Trinajstić information content (AvgIpc) is 2.55. The largest absolute Gasteiger partial charge is 0.466 e. The van der Waals surface area contributed by atoms with Crippen molar-refractivity contribution in [3.63, 3.8) is 0 Å². The number of hydrogen-bond acceptors (Lipinski definition) is 4. The average molecular weight is 327 g/mol. The van der Waals surface area contributed by atoms with Crippen molar-refractivity contribution >= 4 is 11.9 Å². The van der Waals surface area contributed by atoms with Crippen molar-refractivity contribution in [3.8, 4) is 0 Å². The van der Waals surface area contributed by atoms with Gasteiger partial charge in [-0.25, -0.2) is 0 Å². The van der Waals surface area contributed by atoms with Crippen LogP contribution in [0.5, 0.6) is 0 Å². The van der Waals surface area contributed by atoms with E-state index in [2.05, 4.69) is 0 Å². The van der Waals surface area contributed by atoms with Crippen LogP contribution in [-0.4, -0.2) is 49.7 Å². The smallest absolute Gasteiger partial charge is 0.307 e. The molecule has 0 aliphatic heterocycles. The van der Waals surface area contributed by atoms with Gasteiger partial charge < -0.3 is 14.4 Å². The molecule has 5 heteroatoms. The number of carbonyl (C=O) groups excluding carboxylic acids is 2. The highest BCUT2D eigenvalue weighted by atomic mass is 16.5. The number of rotatable bonds is 11. The maximum absolute atomic E-state index is 12.6. The highest BCUT2D eigenvalue weighted by Crippen LogP contribution is 2.26. The van der Waals surface area contributed by atoms with Crippen LogP contribution >= 0.6 is 0 Å². The lowest BCUT2D eigenvalue weighted by Gasteiger charge is -2.27. The number of ether oxygens (including phenoxy) is 2. The Balaban J connectivity index is 2.42. The summed E-state index contributed by atoms with van der Waals surface area (Å²) in [6.45, 7) is 6.61. The summed E-state index contributed by atoms with van der Waals surface area (Å²) in [7, 11) is 0. The monoisotopic (exact) mass is 327 g/mol. The Kier molecular flexibility index (Phi) is 10.7. The molecule has 1 fully saturated rings. The molecule has 1 aliphatic rings. The molecule has 1 saturated carbocycles. The highest BCUT2D eigenvalue weighted by Gasteiger charge is 2.21. The summed E-state index contributed by atoms with van der Waals surface area (Å²) in [5, 5.41) is 0. The minimum absolute atomic E-state index is 0.178. The molecule has 0 spiro atoms. The molecule has 23 heavy (non-hydrogen) atoms. The zero-order chi connectivity index (χ0) is 16.9. The Labute approximate surface area is 140 Å². The van der Waals surface area contributed by atoms with Crippen molar-refractivity contribution in [1.29, 1.82) is 0 Å². The van der Waals surface area contributed by atoms with E-state index in [4.69, 9.17) is 9.47 Å².